The largest absolute Gasteiger partial charge is 0.309 e. The third kappa shape index (κ3) is 4.65. The zero-order valence-corrected chi connectivity index (χ0v) is 27.8. The van der Waals surface area contributed by atoms with E-state index in [0.717, 1.165) is 35.6 Å². The number of fused-ring (bicyclic) bond motifs is 6. The fourth-order valence-electron chi connectivity index (χ4n) is 8.33. The van der Waals surface area contributed by atoms with E-state index in [0.29, 0.717) is 12.0 Å². The number of nitrogens with zero attached hydrogens (tertiary/aromatic N) is 4. The van der Waals surface area contributed by atoms with Crippen LogP contribution in [0.4, 0.5) is 0 Å². The van der Waals surface area contributed by atoms with Crippen molar-refractivity contribution in [1.29, 1.82) is 10.5 Å². The number of benzene rings is 4. The van der Waals surface area contributed by atoms with Gasteiger partial charge in [-0.25, -0.2) is 0 Å². The molecule has 0 saturated heterocycles. The summed E-state index contributed by atoms with van der Waals surface area (Å²) in [6.07, 6.45) is 17.6. The van der Waals surface area contributed by atoms with Crippen LogP contribution in [0.25, 0.3) is 50.4 Å². The number of para-hydroxylation sites is 3. The molecule has 238 valence electrons. The Morgan fingerprint density at radius 1 is 0.760 bits per heavy atom. The van der Waals surface area contributed by atoms with Gasteiger partial charge in [-0.05, 0) is 96.0 Å². The highest BCUT2D eigenvalue weighted by molar-refractivity contribution is 6.09. The van der Waals surface area contributed by atoms with Crippen molar-refractivity contribution >= 4 is 39.0 Å². The molecule has 0 spiro atoms. The molecule has 50 heavy (non-hydrogen) atoms. The van der Waals surface area contributed by atoms with Crippen LogP contribution in [0.5, 0.6) is 0 Å². The third-order valence-corrected chi connectivity index (χ3v) is 10.6. The van der Waals surface area contributed by atoms with Crippen LogP contribution < -0.4 is 0 Å². The Morgan fingerprint density at radius 3 is 2.22 bits per heavy atom. The van der Waals surface area contributed by atoms with Crippen LogP contribution in [0, 0.1) is 28.6 Å². The van der Waals surface area contributed by atoms with Crippen LogP contribution in [0.2, 0.25) is 0 Å². The van der Waals surface area contributed by atoms with Gasteiger partial charge < -0.3 is 9.13 Å². The molecule has 4 aromatic carbocycles. The molecule has 4 nitrogen and oxygen atoms in total. The molecule has 0 amide bonds. The average Bonchev–Trinajstić information content (AvgIpc) is 3.60. The zero-order valence-electron chi connectivity index (χ0n) is 27.8. The first-order chi connectivity index (χ1) is 24.6. The van der Waals surface area contributed by atoms with Crippen LogP contribution in [-0.4, -0.2) is 9.13 Å². The fraction of sp³-hybridized carbons (Fsp3) is 0.130. The number of hydrogen-bond acceptors (Lipinski definition) is 2. The SMILES string of the molecule is CC1=CC(c2ccccc2-n2c3c(c4c2C(C#N)=CCC4)CC(C#N)C=C3)C=CC=C1c1ccc(-n2c3ccccc3c3ccccc32)cc1. The summed E-state index contributed by atoms with van der Waals surface area (Å²) in [5, 5.41) is 22.5. The number of hydrogen-bond donors (Lipinski definition) is 0. The Balaban J connectivity index is 1.09. The predicted octanol–water partition coefficient (Wildman–Crippen LogP) is 10.8. The van der Waals surface area contributed by atoms with Gasteiger partial charge in [-0.1, -0.05) is 103 Å². The topological polar surface area (TPSA) is 57.4 Å². The van der Waals surface area contributed by atoms with Gasteiger partial charge in [0.05, 0.1) is 40.0 Å². The van der Waals surface area contributed by atoms with Gasteiger partial charge in [-0.2, -0.15) is 10.5 Å². The van der Waals surface area contributed by atoms with Crippen molar-refractivity contribution in [3.63, 3.8) is 0 Å². The fourth-order valence-corrected chi connectivity index (χ4v) is 8.33. The maximum atomic E-state index is 10.2. The molecule has 0 saturated carbocycles. The predicted molar refractivity (Wildman–Crippen MR) is 204 cm³/mol. The Labute approximate surface area is 292 Å². The quantitative estimate of drug-likeness (QED) is 0.192. The van der Waals surface area contributed by atoms with Crippen LogP contribution >= 0.6 is 0 Å². The Kier molecular flexibility index (Phi) is 7.11. The molecule has 2 unspecified atom stereocenters. The molecule has 4 heteroatoms. The summed E-state index contributed by atoms with van der Waals surface area (Å²) < 4.78 is 4.65. The summed E-state index contributed by atoms with van der Waals surface area (Å²) in [5.41, 5.74) is 14.6. The zero-order chi connectivity index (χ0) is 33.8. The maximum Gasteiger partial charge on any atom is 0.101 e. The highest BCUT2D eigenvalue weighted by Gasteiger charge is 2.31. The Bertz CT molecular complexity index is 2550. The molecule has 9 rings (SSSR count). The van der Waals surface area contributed by atoms with Crippen LogP contribution in [-0.2, 0) is 12.8 Å². The summed E-state index contributed by atoms with van der Waals surface area (Å²) in [7, 11) is 0. The van der Waals surface area contributed by atoms with E-state index in [1.54, 1.807) is 0 Å². The number of nitriles is 2. The molecule has 0 N–H and O–H groups in total. The molecule has 0 bridgehead atoms. The standard InChI is InChI=1S/C46H34N4/c1-30-26-33(37-12-2-5-17-42(37)50-45-25-20-31(28-47)27-41(45)40-16-9-11-34(29-48)46(40)50)10-8-15-36(30)32-21-23-35(24-22-32)49-43-18-6-3-13-38(43)39-14-4-7-19-44(39)49/h2-8,10-15,17-26,31,33H,9,16,27H2,1H3. The second-order valence-electron chi connectivity index (χ2n) is 13.4. The first-order valence-electron chi connectivity index (χ1n) is 17.3. The summed E-state index contributed by atoms with van der Waals surface area (Å²) in [5.74, 6) is -0.117. The second-order valence-corrected chi connectivity index (χ2v) is 13.4. The van der Waals surface area contributed by atoms with E-state index >= 15 is 0 Å². The van der Waals surface area contributed by atoms with E-state index in [-0.39, 0.29) is 11.8 Å². The van der Waals surface area contributed by atoms with Gasteiger partial charge in [-0.3, -0.25) is 0 Å². The van der Waals surface area contributed by atoms with Gasteiger partial charge >= 0.3 is 0 Å². The lowest BCUT2D eigenvalue weighted by Crippen LogP contribution is -2.10. The molecule has 2 aromatic heterocycles. The van der Waals surface area contributed by atoms with Gasteiger partial charge in [0.1, 0.15) is 6.07 Å². The smallest absolute Gasteiger partial charge is 0.101 e. The van der Waals surface area contributed by atoms with Gasteiger partial charge in [0, 0.05) is 28.1 Å². The van der Waals surface area contributed by atoms with E-state index in [4.69, 9.17) is 0 Å². The van der Waals surface area contributed by atoms with Crippen molar-refractivity contribution in [2.24, 2.45) is 5.92 Å². The number of aromatic nitrogens is 2. The first kappa shape index (κ1) is 29.8. The van der Waals surface area contributed by atoms with E-state index in [1.807, 2.05) is 6.08 Å². The lowest BCUT2D eigenvalue weighted by atomic mass is 9.88. The normalized spacial score (nSPS) is 18.0. The van der Waals surface area contributed by atoms with Crippen LogP contribution in [0.3, 0.4) is 0 Å². The van der Waals surface area contributed by atoms with Gasteiger partial charge in [0.2, 0.25) is 0 Å². The van der Waals surface area contributed by atoms with Gasteiger partial charge in [-0.15, -0.1) is 0 Å². The molecule has 0 aliphatic heterocycles. The maximum absolute atomic E-state index is 10.2. The first-order valence-corrected chi connectivity index (χ1v) is 17.3. The minimum atomic E-state index is -0.148. The van der Waals surface area contributed by atoms with Crippen molar-refractivity contribution in [3.05, 3.63) is 173 Å². The number of rotatable bonds is 4. The minimum absolute atomic E-state index is 0.0306. The average molecular weight is 643 g/mol. The van der Waals surface area contributed by atoms with Crippen LogP contribution in [0.15, 0.2) is 139 Å². The molecule has 0 radical (unpaired) electrons. The van der Waals surface area contributed by atoms with Crippen molar-refractivity contribution < 1.29 is 0 Å². The highest BCUT2D eigenvalue weighted by Crippen LogP contribution is 2.42. The Morgan fingerprint density at radius 2 is 1.48 bits per heavy atom. The minimum Gasteiger partial charge on any atom is -0.309 e. The lowest BCUT2D eigenvalue weighted by Gasteiger charge is -2.21. The number of allylic oxidation sites excluding steroid dienone is 9. The molecular formula is C46H34N4. The van der Waals surface area contributed by atoms with E-state index in [2.05, 4.69) is 162 Å². The molecule has 2 heterocycles. The molecule has 2 atom stereocenters. The Hall–Kier alpha value is -6.36. The highest BCUT2D eigenvalue weighted by atomic mass is 15.0. The van der Waals surface area contributed by atoms with Gasteiger partial charge in [0.15, 0.2) is 0 Å². The summed E-state index contributed by atoms with van der Waals surface area (Å²) in [4.78, 5) is 0. The summed E-state index contributed by atoms with van der Waals surface area (Å²) in [6, 6.07) is 39.7. The van der Waals surface area contributed by atoms with Crippen molar-refractivity contribution in [3.8, 4) is 23.5 Å². The molecular weight excluding hydrogens is 609 g/mol. The van der Waals surface area contributed by atoms with Crippen LogP contribution in [0.1, 0.15) is 52.9 Å². The van der Waals surface area contributed by atoms with E-state index in [1.165, 1.54) is 55.2 Å². The van der Waals surface area contributed by atoms with Gasteiger partial charge in [0.25, 0.3) is 0 Å². The third-order valence-electron chi connectivity index (χ3n) is 10.6. The summed E-state index contributed by atoms with van der Waals surface area (Å²) >= 11 is 0. The molecule has 6 aromatic rings. The van der Waals surface area contributed by atoms with Crippen molar-refractivity contribution in [2.45, 2.75) is 32.1 Å². The lowest BCUT2D eigenvalue weighted by molar-refractivity contribution is 0.794. The molecule has 3 aliphatic carbocycles. The van der Waals surface area contributed by atoms with Crippen molar-refractivity contribution in [2.75, 3.05) is 0 Å². The van der Waals surface area contributed by atoms with E-state index in [9.17, 15) is 10.5 Å². The second kappa shape index (κ2) is 12.0. The molecule has 3 aliphatic rings. The summed E-state index contributed by atoms with van der Waals surface area (Å²) in [6.45, 7) is 2.20. The van der Waals surface area contributed by atoms with Crippen molar-refractivity contribution in [1.82, 2.24) is 9.13 Å². The molecule has 0 fully saturated rings. The van der Waals surface area contributed by atoms with E-state index < -0.39 is 0 Å². The monoisotopic (exact) mass is 642 g/mol.